The Morgan fingerprint density at radius 3 is 2.75 bits per heavy atom. The molecule has 0 aliphatic heterocycles. The minimum absolute atomic E-state index is 0.144. The summed E-state index contributed by atoms with van der Waals surface area (Å²) in [4.78, 5) is 34.3. The van der Waals surface area contributed by atoms with E-state index in [2.05, 4.69) is 5.32 Å². The minimum atomic E-state index is -0.809. The molecule has 6 nitrogen and oxygen atoms in total. The molecule has 1 aromatic heterocycles. The highest BCUT2D eigenvalue weighted by Gasteiger charge is 2.04. The highest BCUT2D eigenvalue weighted by molar-refractivity contribution is 5.92. The summed E-state index contributed by atoms with van der Waals surface area (Å²) in [7, 11) is 0. The van der Waals surface area contributed by atoms with Crippen LogP contribution in [0.15, 0.2) is 45.8 Å². The molecule has 1 aromatic carbocycles. The average molecular weight is 329 g/mol. The summed E-state index contributed by atoms with van der Waals surface area (Å²) in [5.41, 5.74) is 0.630. The van der Waals surface area contributed by atoms with Crippen molar-refractivity contribution in [3.05, 3.63) is 52.4 Å². The van der Waals surface area contributed by atoms with Crippen LogP contribution in [-0.4, -0.2) is 23.5 Å². The summed E-state index contributed by atoms with van der Waals surface area (Å²) in [6.45, 7) is 0.467. The lowest BCUT2D eigenvalue weighted by molar-refractivity contribution is -0.137. The summed E-state index contributed by atoms with van der Waals surface area (Å²) in [5, 5.41) is 11.7. The highest BCUT2D eigenvalue weighted by Crippen LogP contribution is 2.11. The predicted molar refractivity (Wildman–Crippen MR) is 90.6 cm³/mol. The summed E-state index contributed by atoms with van der Waals surface area (Å²) < 4.78 is 5.37. The molecule has 2 rings (SSSR count). The zero-order valence-electron chi connectivity index (χ0n) is 13.2. The maximum absolute atomic E-state index is 12.2. The Morgan fingerprint density at radius 2 is 1.96 bits per heavy atom. The van der Waals surface area contributed by atoms with E-state index in [0.29, 0.717) is 35.9 Å². The van der Waals surface area contributed by atoms with Crippen LogP contribution < -0.4 is 10.7 Å². The van der Waals surface area contributed by atoms with Crippen LogP contribution in [0, 0.1) is 0 Å². The van der Waals surface area contributed by atoms with Gasteiger partial charge < -0.3 is 14.8 Å². The first-order chi connectivity index (χ1) is 11.6. The molecule has 0 unspecified atom stereocenters. The molecule has 2 N–H and O–H groups in total. The van der Waals surface area contributed by atoms with Gasteiger partial charge in [-0.2, -0.15) is 0 Å². The number of hydrogen-bond acceptors (Lipinski definition) is 4. The van der Waals surface area contributed by atoms with Gasteiger partial charge in [0.1, 0.15) is 11.8 Å². The quantitative estimate of drug-likeness (QED) is 0.573. The molecular weight excluding hydrogens is 310 g/mol. The lowest BCUT2D eigenvalue weighted by Gasteiger charge is -2.01. The molecule has 2 aromatic rings. The van der Waals surface area contributed by atoms with E-state index in [1.807, 2.05) is 0 Å². The number of hydrogen-bond donors (Lipinski definition) is 2. The molecule has 0 saturated heterocycles. The van der Waals surface area contributed by atoms with E-state index < -0.39 is 5.97 Å². The van der Waals surface area contributed by atoms with Crippen LogP contribution in [0.4, 0.5) is 0 Å². The van der Waals surface area contributed by atoms with Gasteiger partial charge in [-0.25, -0.2) is 0 Å². The molecule has 0 radical (unpaired) electrons. The maximum atomic E-state index is 12.2. The summed E-state index contributed by atoms with van der Waals surface area (Å²) in [5.74, 6) is -1.11. The average Bonchev–Trinajstić information content (AvgIpc) is 2.57. The topological polar surface area (TPSA) is 96.6 Å². The van der Waals surface area contributed by atoms with E-state index in [9.17, 15) is 14.4 Å². The number of nitrogens with one attached hydrogen (secondary N) is 1. The summed E-state index contributed by atoms with van der Waals surface area (Å²) >= 11 is 0. The fourth-order valence-electron chi connectivity index (χ4n) is 2.22. The molecule has 1 heterocycles. The van der Waals surface area contributed by atoms with Gasteiger partial charge in [-0.3, -0.25) is 14.4 Å². The number of para-hydroxylation sites is 1. The SMILES string of the molecule is O=C(O)CCCCCNC(=O)/C=C/c1coc2ccccc2c1=O. The van der Waals surface area contributed by atoms with Crippen LogP contribution in [0.3, 0.4) is 0 Å². The third kappa shape index (κ3) is 5.08. The van der Waals surface area contributed by atoms with Crippen molar-refractivity contribution in [2.45, 2.75) is 25.7 Å². The van der Waals surface area contributed by atoms with E-state index in [4.69, 9.17) is 9.52 Å². The van der Waals surface area contributed by atoms with E-state index in [0.717, 1.165) is 6.42 Å². The number of aliphatic carboxylic acids is 1. The van der Waals surface area contributed by atoms with E-state index in [1.165, 1.54) is 18.4 Å². The number of rotatable bonds is 8. The van der Waals surface area contributed by atoms with Crippen molar-refractivity contribution in [2.75, 3.05) is 6.54 Å². The molecule has 0 spiro atoms. The number of carbonyl (C=O) groups is 2. The molecular formula is C18H19NO5. The Bertz CT molecular complexity index is 806. The van der Waals surface area contributed by atoms with Crippen molar-refractivity contribution >= 4 is 28.9 Å². The molecule has 1 amide bonds. The Kier molecular flexibility index (Phi) is 6.31. The van der Waals surface area contributed by atoms with E-state index in [1.54, 1.807) is 24.3 Å². The molecule has 24 heavy (non-hydrogen) atoms. The van der Waals surface area contributed by atoms with Gasteiger partial charge in [0.15, 0.2) is 5.43 Å². The third-order valence-corrected chi connectivity index (χ3v) is 3.49. The third-order valence-electron chi connectivity index (χ3n) is 3.49. The zero-order valence-corrected chi connectivity index (χ0v) is 13.2. The minimum Gasteiger partial charge on any atom is -0.481 e. The van der Waals surface area contributed by atoms with E-state index >= 15 is 0 Å². The van der Waals surface area contributed by atoms with Crippen LogP contribution in [0.25, 0.3) is 17.0 Å². The van der Waals surface area contributed by atoms with Crippen LogP contribution in [-0.2, 0) is 9.59 Å². The standard InChI is InChI=1S/C18H19NO5/c20-16(19-11-5-1-2-8-17(21)22)10-9-13-12-24-15-7-4-3-6-14(15)18(13)23/h3-4,6-7,9-10,12H,1-2,5,8,11H2,(H,19,20)(H,21,22)/b10-9+. The first-order valence-corrected chi connectivity index (χ1v) is 7.76. The van der Waals surface area contributed by atoms with Crippen molar-refractivity contribution in [1.29, 1.82) is 0 Å². The number of amides is 1. The maximum Gasteiger partial charge on any atom is 0.303 e. The van der Waals surface area contributed by atoms with Gasteiger partial charge in [0.2, 0.25) is 5.91 Å². The van der Waals surface area contributed by atoms with Gasteiger partial charge in [-0.15, -0.1) is 0 Å². The zero-order chi connectivity index (χ0) is 17.4. The molecule has 126 valence electrons. The number of carbonyl (C=O) groups excluding carboxylic acids is 1. The molecule has 0 bridgehead atoms. The Balaban J connectivity index is 1.85. The van der Waals surface area contributed by atoms with Gasteiger partial charge in [0.05, 0.1) is 10.9 Å². The molecule has 6 heteroatoms. The molecule has 0 atom stereocenters. The van der Waals surface area contributed by atoms with Crippen molar-refractivity contribution in [3.8, 4) is 0 Å². The van der Waals surface area contributed by atoms with Crippen LogP contribution in [0.2, 0.25) is 0 Å². The van der Waals surface area contributed by atoms with Crippen LogP contribution in [0.1, 0.15) is 31.2 Å². The number of fused-ring (bicyclic) bond motifs is 1. The molecule has 0 aliphatic rings. The lowest BCUT2D eigenvalue weighted by atomic mass is 10.1. The molecule has 0 saturated carbocycles. The smallest absolute Gasteiger partial charge is 0.303 e. The normalized spacial score (nSPS) is 11.0. The lowest BCUT2D eigenvalue weighted by Crippen LogP contribution is -2.22. The second-order valence-electron chi connectivity index (χ2n) is 5.35. The van der Waals surface area contributed by atoms with Crippen molar-refractivity contribution in [1.82, 2.24) is 5.32 Å². The predicted octanol–water partition coefficient (Wildman–Crippen LogP) is 2.57. The Labute approximate surface area is 138 Å². The molecule has 0 aliphatic carbocycles. The second kappa shape index (κ2) is 8.67. The van der Waals surface area contributed by atoms with Gasteiger partial charge in [0.25, 0.3) is 0 Å². The second-order valence-corrected chi connectivity index (χ2v) is 5.35. The Hall–Kier alpha value is -2.89. The number of unbranched alkanes of at least 4 members (excludes halogenated alkanes) is 2. The monoisotopic (exact) mass is 329 g/mol. The van der Waals surface area contributed by atoms with Gasteiger partial charge >= 0.3 is 5.97 Å². The van der Waals surface area contributed by atoms with Crippen LogP contribution >= 0.6 is 0 Å². The highest BCUT2D eigenvalue weighted by atomic mass is 16.4. The van der Waals surface area contributed by atoms with Gasteiger partial charge in [-0.05, 0) is 31.1 Å². The number of benzene rings is 1. The first kappa shape index (κ1) is 17.5. The fraction of sp³-hybridized carbons (Fsp3) is 0.278. The van der Waals surface area contributed by atoms with Crippen LogP contribution in [0.5, 0.6) is 0 Å². The fourth-order valence-corrected chi connectivity index (χ4v) is 2.22. The van der Waals surface area contributed by atoms with Gasteiger partial charge in [0, 0.05) is 19.0 Å². The van der Waals surface area contributed by atoms with Crippen molar-refractivity contribution in [2.24, 2.45) is 0 Å². The number of carboxylic acid groups (broad SMARTS) is 1. The first-order valence-electron chi connectivity index (χ1n) is 7.76. The summed E-state index contributed by atoms with van der Waals surface area (Å²) in [6.07, 6.45) is 6.25. The molecule has 0 fully saturated rings. The summed E-state index contributed by atoms with van der Waals surface area (Å²) in [6, 6.07) is 6.92. The van der Waals surface area contributed by atoms with Gasteiger partial charge in [-0.1, -0.05) is 18.6 Å². The van der Waals surface area contributed by atoms with E-state index in [-0.39, 0.29) is 17.8 Å². The van der Waals surface area contributed by atoms with Crippen molar-refractivity contribution in [3.63, 3.8) is 0 Å². The number of carboxylic acids is 1. The van der Waals surface area contributed by atoms with Crippen molar-refractivity contribution < 1.29 is 19.1 Å². The largest absolute Gasteiger partial charge is 0.481 e. The Morgan fingerprint density at radius 1 is 1.17 bits per heavy atom.